The average Bonchev–Trinajstić information content (AvgIpc) is 2.07. The molecule has 0 aromatic heterocycles. The summed E-state index contributed by atoms with van der Waals surface area (Å²) < 4.78 is 12.9. The summed E-state index contributed by atoms with van der Waals surface area (Å²) in [7, 11) is 4.08. The highest BCUT2D eigenvalue weighted by molar-refractivity contribution is 5.24. The Morgan fingerprint density at radius 1 is 1.31 bits per heavy atom. The Kier molecular flexibility index (Phi) is 3.43. The molecule has 0 aliphatic heterocycles. The Balaban J connectivity index is 2.63. The lowest BCUT2D eigenvalue weighted by Crippen LogP contribution is -2.15. The molecular formula is C11H16FN. The van der Waals surface area contributed by atoms with E-state index in [2.05, 4.69) is 4.90 Å². The van der Waals surface area contributed by atoms with Crippen LogP contribution in [-0.4, -0.2) is 25.5 Å². The van der Waals surface area contributed by atoms with E-state index in [1.165, 1.54) is 5.56 Å². The molecule has 72 valence electrons. The minimum atomic E-state index is -0.117. The van der Waals surface area contributed by atoms with Crippen LogP contribution in [0, 0.1) is 12.7 Å². The van der Waals surface area contributed by atoms with Gasteiger partial charge < -0.3 is 4.90 Å². The minimum absolute atomic E-state index is 0.117. The zero-order chi connectivity index (χ0) is 9.84. The monoisotopic (exact) mass is 181 g/mol. The molecule has 0 radical (unpaired) electrons. The van der Waals surface area contributed by atoms with Crippen molar-refractivity contribution in [2.24, 2.45) is 0 Å². The van der Waals surface area contributed by atoms with Gasteiger partial charge in [-0.15, -0.1) is 0 Å². The van der Waals surface area contributed by atoms with E-state index in [4.69, 9.17) is 0 Å². The summed E-state index contributed by atoms with van der Waals surface area (Å²) >= 11 is 0. The van der Waals surface area contributed by atoms with E-state index in [0.717, 1.165) is 18.5 Å². The van der Waals surface area contributed by atoms with Crippen molar-refractivity contribution in [1.29, 1.82) is 0 Å². The van der Waals surface area contributed by atoms with Gasteiger partial charge in [0.1, 0.15) is 5.82 Å². The molecule has 0 N–H and O–H groups in total. The van der Waals surface area contributed by atoms with Crippen LogP contribution >= 0.6 is 0 Å². The van der Waals surface area contributed by atoms with Crippen LogP contribution in [0.5, 0.6) is 0 Å². The lowest BCUT2D eigenvalue weighted by Gasteiger charge is -2.09. The molecule has 1 aromatic rings. The standard InChI is InChI=1S/C11H16FN/c1-9-8-10(4-5-11(9)12)6-7-13(2)3/h4-5,8H,6-7H2,1-3H3. The zero-order valence-corrected chi connectivity index (χ0v) is 8.47. The van der Waals surface area contributed by atoms with Crippen LogP contribution in [0.15, 0.2) is 18.2 Å². The highest BCUT2D eigenvalue weighted by Gasteiger charge is 1.99. The van der Waals surface area contributed by atoms with Gasteiger partial charge in [-0.2, -0.15) is 0 Å². The van der Waals surface area contributed by atoms with E-state index >= 15 is 0 Å². The fraction of sp³-hybridized carbons (Fsp3) is 0.455. The average molecular weight is 181 g/mol. The maximum atomic E-state index is 12.9. The molecule has 0 heterocycles. The second-order valence-corrected chi connectivity index (χ2v) is 3.64. The Morgan fingerprint density at radius 3 is 2.54 bits per heavy atom. The molecule has 0 saturated carbocycles. The maximum Gasteiger partial charge on any atom is 0.126 e. The van der Waals surface area contributed by atoms with Gasteiger partial charge in [0.25, 0.3) is 0 Å². The summed E-state index contributed by atoms with van der Waals surface area (Å²) in [5.74, 6) is -0.117. The molecule has 1 aromatic carbocycles. The predicted molar refractivity (Wildman–Crippen MR) is 53.4 cm³/mol. The Labute approximate surface area is 79.2 Å². The normalized spacial score (nSPS) is 10.8. The van der Waals surface area contributed by atoms with E-state index in [-0.39, 0.29) is 5.82 Å². The van der Waals surface area contributed by atoms with Gasteiger partial charge in [-0.1, -0.05) is 12.1 Å². The number of rotatable bonds is 3. The highest BCUT2D eigenvalue weighted by atomic mass is 19.1. The number of benzene rings is 1. The van der Waals surface area contributed by atoms with Crippen LogP contribution < -0.4 is 0 Å². The van der Waals surface area contributed by atoms with Crippen LogP contribution in [0.4, 0.5) is 4.39 Å². The summed E-state index contributed by atoms with van der Waals surface area (Å²) in [6.45, 7) is 2.81. The number of hydrogen-bond acceptors (Lipinski definition) is 1. The van der Waals surface area contributed by atoms with Crippen LogP contribution in [0.25, 0.3) is 0 Å². The SMILES string of the molecule is Cc1cc(CCN(C)C)ccc1F. The lowest BCUT2D eigenvalue weighted by molar-refractivity contribution is 0.413. The molecule has 0 aliphatic carbocycles. The second kappa shape index (κ2) is 4.38. The van der Waals surface area contributed by atoms with E-state index in [0.29, 0.717) is 0 Å². The molecule has 0 saturated heterocycles. The topological polar surface area (TPSA) is 3.24 Å². The smallest absolute Gasteiger partial charge is 0.126 e. The number of halogens is 1. The molecule has 0 atom stereocenters. The van der Waals surface area contributed by atoms with Gasteiger partial charge in [-0.3, -0.25) is 0 Å². The molecule has 0 aliphatic rings. The third-order valence-corrected chi connectivity index (χ3v) is 2.07. The summed E-state index contributed by atoms with van der Waals surface area (Å²) in [6.07, 6.45) is 0.980. The first-order chi connectivity index (χ1) is 6.09. The Bertz CT molecular complexity index is 281. The van der Waals surface area contributed by atoms with Crippen molar-refractivity contribution in [3.63, 3.8) is 0 Å². The van der Waals surface area contributed by atoms with Crippen LogP contribution in [-0.2, 0) is 6.42 Å². The molecule has 0 spiro atoms. The first-order valence-electron chi connectivity index (χ1n) is 4.49. The molecule has 1 nitrogen and oxygen atoms in total. The molecule has 13 heavy (non-hydrogen) atoms. The van der Waals surface area contributed by atoms with E-state index in [9.17, 15) is 4.39 Å². The van der Waals surface area contributed by atoms with E-state index < -0.39 is 0 Å². The van der Waals surface area contributed by atoms with Crippen molar-refractivity contribution in [1.82, 2.24) is 4.90 Å². The molecule has 0 unspecified atom stereocenters. The van der Waals surface area contributed by atoms with Crippen molar-refractivity contribution in [2.75, 3.05) is 20.6 Å². The first-order valence-corrected chi connectivity index (χ1v) is 4.49. The quantitative estimate of drug-likeness (QED) is 0.691. The van der Waals surface area contributed by atoms with Crippen LogP contribution in [0.2, 0.25) is 0 Å². The summed E-state index contributed by atoms with van der Waals surface area (Å²) in [5, 5.41) is 0. The van der Waals surface area contributed by atoms with Gasteiger partial charge in [-0.25, -0.2) is 4.39 Å². The predicted octanol–water partition coefficient (Wildman–Crippen LogP) is 2.24. The van der Waals surface area contributed by atoms with Crippen molar-refractivity contribution in [2.45, 2.75) is 13.3 Å². The summed E-state index contributed by atoms with van der Waals surface area (Å²) in [6, 6.07) is 5.31. The molecule has 1 rings (SSSR count). The number of likely N-dealkylation sites (N-methyl/N-ethyl adjacent to an activating group) is 1. The third kappa shape index (κ3) is 3.15. The second-order valence-electron chi connectivity index (χ2n) is 3.64. The molecule has 0 bridgehead atoms. The van der Waals surface area contributed by atoms with Gasteiger partial charge in [-0.05, 0) is 44.6 Å². The maximum absolute atomic E-state index is 12.9. The fourth-order valence-corrected chi connectivity index (χ4v) is 1.22. The Hall–Kier alpha value is -0.890. The van der Waals surface area contributed by atoms with Gasteiger partial charge in [0.15, 0.2) is 0 Å². The third-order valence-electron chi connectivity index (χ3n) is 2.07. The molecule has 0 fully saturated rings. The highest BCUT2D eigenvalue weighted by Crippen LogP contribution is 2.09. The summed E-state index contributed by atoms with van der Waals surface area (Å²) in [5.41, 5.74) is 1.93. The van der Waals surface area contributed by atoms with E-state index in [1.807, 2.05) is 26.2 Å². The lowest BCUT2D eigenvalue weighted by atomic mass is 10.1. The van der Waals surface area contributed by atoms with Crippen molar-refractivity contribution >= 4 is 0 Å². The number of nitrogens with zero attached hydrogens (tertiary/aromatic N) is 1. The summed E-state index contributed by atoms with van der Waals surface area (Å²) in [4.78, 5) is 2.12. The zero-order valence-electron chi connectivity index (χ0n) is 8.47. The largest absolute Gasteiger partial charge is 0.309 e. The van der Waals surface area contributed by atoms with Gasteiger partial charge in [0, 0.05) is 6.54 Å². The Morgan fingerprint density at radius 2 is 2.00 bits per heavy atom. The van der Waals surface area contributed by atoms with Gasteiger partial charge in [0.05, 0.1) is 0 Å². The molecule has 0 amide bonds. The van der Waals surface area contributed by atoms with Gasteiger partial charge in [0.2, 0.25) is 0 Å². The van der Waals surface area contributed by atoms with Gasteiger partial charge >= 0.3 is 0 Å². The van der Waals surface area contributed by atoms with Crippen molar-refractivity contribution in [3.05, 3.63) is 35.1 Å². The molecule has 2 heteroatoms. The van der Waals surface area contributed by atoms with Crippen LogP contribution in [0.1, 0.15) is 11.1 Å². The van der Waals surface area contributed by atoms with Crippen molar-refractivity contribution < 1.29 is 4.39 Å². The minimum Gasteiger partial charge on any atom is -0.309 e. The van der Waals surface area contributed by atoms with Crippen molar-refractivity contribution in [3.8, 4) is 0 Å². The first kappa shape index (κ1) is 10.2. The fourth-order valence-electron chi connectivity index (χ4n) is 1.22. The number of hydrogen-bond donors (Lipinski definition) is 0. The van der Waals surface area contributed by atoms with Crippen LogP contribution in [0.3, 0.4) is 0 Å². The van der Waals surface area contributed by atoms with E-state index in [1.54, 1.807) is 13.0 Å². The molecular weight excluding hydrogens is 165 g/mol. The number of aryl methyl sites for hydroxylation is 1.